The Kier molecular flexibility index (Phi) is 7.39. The monoisotopic (exact) mass is 346 g/mol. The molecule has 1 heterocycles. The van der Waals surface area contributed by atoms with Gasteiger partial charge < -0.3 is 14.0 Å². The molecule has 3 nitrogen and oxygen atoms in total. The van der Waals surface area contributed by atoms with E-state index in [4.69, 9.17) is 14.0 Å². The maximum atomic E-state index is 6.11. The third-order valence-electron chi connectivity index (χ3n) is 5.08. The average Bonchev–Trinajstić information content (AvgIpc) is 2.56. The molecule has 1 aliphatic heterocycles. The number of rotatable bonds is 8. The molecule has 0 aliphatic carbocycles. The van der Waals surface area contributed by atoms with Gasteiger partial charge in [0, 0.05) is 18.6 Å². The molecule has 0 saturated carbocycles. The van der Waals surface area contributed by atoms with E-state index in [0.717, 1.165) is 31.0 Å². The lowest BCUT2D eigenvalue weighted by atomic mass is 9.71. The van der Waals surface area contributed by atoms with Crippen LogP contribution in [0.3, 0.4) is 0 Å². The van der Waals surface area contributed by atoms with Crippen LogP contribution in [0, 0.1) is 25.2 Å². The Morgan fingerprint density at radius 3 is 2.24 bits per heavy atom. The van der Waals surface area contributed by atoms with Gasteiger partial charge in [-0.1, -0.05) is 47.0 Å². The van der Waals surface area contributed by atoms with Crippen LogP contribution in [0.5, 0.6) is 5.75 Å². The summed E-state index contributed by atoms with van der Waals surface area (Å²) in [5.41, 5.74) is 3.61. The maximum Gasteiger partial charge on any atom is 0.494 e. The number of benzene rings is 1. The molecule has 4 heteroatoms. The summed E-state index contributed by atoms with van der Waals surface area (Å²) in [4.78, 5) is 0. The fourth-order valence-corrected chi connectivity index (χ4v) is 3.36. The predicted octanol–water partition coefficient (Wildman–Crippen LogP) is 4.67. The fourth-order valence-electron chi connectivity index (χ4n) is 3.36. The first-order valence-corrected chi connectivity index (χ1v) is 9.83. The van der Waals surface area contributed by atoms with E-state index in [1.165, 1.54) is 36.8 Å². The lowest BCUT2D eigenvalue weighted by Gasteiger charge is -2.34. The molecule has 0 bridgehead atoms. The normalized spacial score (nSPS) is 18.2. The molecule has 0 amide bonds. The van der Waals surface area contributed by atoms with Crippen molar-refractivity contribution in [2.75, 3.05) is 19.8 Å². The molecule has 0 N–H and O–H groups in total. The third-order valence-corrected chi connectivity index (χ3v) is 5.08. The van der Waals surface area contributed by atoms with E-state index in [0.29, 0.717) is 5.92 Å². The minimum atomic E-state index is -0.255. The molecule has 0 spiro atoms. The highest BCUT2D eigenvalue weighted by Crippen LogP contribution is 2.24. The summed E-state index contributed by atoms with van der Waals surface area (Å²) in [6.07, 6.45) is 4.96. The molecule has 25 heavy (non-hydrogen) atoms. The van der Waals surface area contributed by atoms with Gasteiger partial charge in [0.25, 0.3) is 0 Å². The highest BCUT2D eigenvalue weighted by Gasteiger charge is 2.35. The molecule has 1 aliphatic rings. The van der Waals surface area contributed by atoms with Gasteiger partial charge in [-0.25, -0.2) is 0 Å². The van der Waals surface area contributed by atoms with Gasteiger partial charge in [-0.05, 0) is 54.9 Å². The number of ether oxygens (including phenoxy) is 1. The molecule has 2 rings (SSSR count). The van der Waals surface area contributed by atoms with Gasteiger partial charge in [-0.15, -0.1) is 0 Å². The Balaban J connectivity index is 2.02. The van der Waals surface area contributed by atoms with Crippen molar-refractivity contribution in [2.45, 2.75) is 67.2 Å². The van der Waals surface area contributed by atoms with Crippen LogP contribution in [0.15, 0.2) is 12.1 Å². The second-order valence-electron chi connectivity index (χ2n) is 8.32. The highest BCUT2D eigenvalue weighted by atomic mass is 16.6. The zero-order chi connectivity index (χ0) is 18.4. The zero-order valence-electron chi connectivity index (χ0n) is 17.0. The van der Waals surface area contributed by atoms with Gasteiger partial charge >= 0.3 is 7.12 Å². The summed E-state index contributed by atoms with van der Waals surface area (Å²) in [7, 11) is -0.255. The Morgan fingerprint density at radius 1 is 1.12 bits per heavy atom. The van der Waals surface area contributed by atoms with Crippen LogP contribution in [-0.2, 0) is 9.31 Å². The van der Waals surface area contributed by atoms with Crippen LogP contribution >= 0.6 is 0 Å². The molecule has 1 unspecified atom stereocenters. The molecule has 140 valence electrons. The summed E-state index contributed by atoms with van der Waals surface area (Å²) in [6, 6.07) is 4.25. The number of unbranched alkanes of at least 4 members (excludes halogenated alkanes) is 1. The third kappa shape index (κ3) is 5.75. The smallest absolute Gasteiger partial charge is 0.493 e. The Labute approximate surface area is 154 Å². The lowest BCUT2D eigenvalue weighted by Crippen LogP contribution is -2.49. The van der Waals surface area contributed by atoms with Gasteiger partial charge in [-0.3, -0.25) is 0 Å². The predicted molar refractivity (Wildman–Crippen MR) is 106 cm³/mol. The molecular formula is C21H35BO3. The van der Waals surface area contributed by atoms with Crippen molar-refractivity contribution in [3.63, 3.8) is 0 Å². The molecule has 0 aromatic heterocycles. The first-order chi connectivity index (χ1) is 11.9. The zero-order valence-corrected chi connectivity index (χ0v) is 17.0. The van der Waals surface area contributed by atoms with Gasteiger partial charge in [0.1, 0.15) is 5.75 Å². The first-order valence-electron chi connectivity index (χ1n) is 9.83. The van der Waals surface area contributed by atoms with E-state index in [2.05, 4.69) is 53.7 Å². The molecule has 1 fully saturated rings. The molecular weight excluding hydrogens is 311 g/mol. The Bertz CT molecular complexity index is 523. The van der Waals surface area contributed by atoms with Crippen molar-refractivity contribution >= 4 is 12.6 Å². The second-order valence-corrected chi connectivity index (χ2v) is 8.32. The molecule has 1 aromatic carbocycles. The van der Waals surface area contributed by atoms with E-state index in [1.807, 2.05) is 0 Å². The standard InChI is InChI=1S/C21H35BO3/c1-7-9-10-18(8-2)13-23-19-11-16(3)20(17(4)12-19)22-24-14-21(5,6)15-25-22/h11-12,18H,7-10,13-15H2,1-6H3. The van der Waals surface area contributed by atoms with E-state index in [1.54, 1.807) is 0 Å². The van der Waals surface area contributed by atoms with Crippen molar-refractivity contribution in [3.8, 4) is 5.75 Å². The number of aryl methyl sites for hydroxylation is 2. The van der Waals surface area contributed by atoms with Crippen LogP contribution in [0.1, 0.15) is 64.5 Å². The topological polar surface area (TPSA) is 27.7 Å². The summed E-state index contributed by atoms with van der Waals surface area (Å²) < 4.78 is 18.1. The molecule has 1 saturated heterocycles. The lowest BCUT2D eigenvalue weighted by molar-refractivity contribution is 0.0342. The fraction of sp³-hybridized carbons (Fsp3) is 0.714. The van der Waals surface area contributed by atoms with Crippen LogP contribution in [0.2, 0.25) is 0 Å². The van der Waals surface area contributed by atoms with Crippen LogP contribution in [0.4, 0.5) is 0 Å². The molecule has 1 atom stereocenters. The van der Waals surface area contributed by atoms with Crippen molar-refractivity contribution in [1.82, 2.24) is 0 Å². The highest BCUT2D eigenvalue weighted by molar-refractivity contribution is 6.62. The van der Waals surface area contributed by atoms with E-state index >= 15 is 0 Å². The van der Waals surface area contributed by atoms with Gasteiger partial charge in [0.15, 0.2) is 0 Å². The van der Waals surface area contributed by atoms with E-state index < -0.39 is 0 Å². The van der Waals surface area contributed by atoms with Crippen LogP contribution in [0.25, 0.3) is 0 Å². The Hall–Kier alpha value is -0.995. The largest absolute Gasteiger partial charge is 0.494 e. The Morgan fingerprint density at radius 2 is 1.72 bits per heavy atom. The minimum absolute atomic E-state index is 0.0923. The maximum absolute atomic E-state index is 6.11. The van der Waals surface area contributed by atoms with Gasteiger partial charge in [0.05, 0.1) is 6.61 Å². The minimum Gasteiger partial charge on any atom is -0.493 e. The van der Waals surface area contributed by atoms with Crippen molar-refractivity contribution in [2.24, 2.45) is 11.3 Å². The SMILES string of the molecule is CCCCC(CC)COc1cc(C)c(B2OCC(C)(C)CO2)c(C)c1. The molecule has 1 aromatic rings. The molecule has 0 radical (unpaired) electrons. The summed E-state index contributed by atoms with van der Waals surface area (Å²) in [5, 5.41) is 0. The quantitative estimate of drug-likeness (QED) is 0.641. The second kappa shape index (κ2) is 9.09. The number of hydrogen-bond acceptors (Lipinski definition) is 3. The van der Waals surface area contributed by atoms with Crippen LogP contribution < -0.4 is 10.2 Å². The van der Waals surface area contributed by atoms with Crippen LogP contribution in [-0.4, -0.2) is 26.9 Å². The van der Waals surface area contributed by atoms with E-state index in [9.17, 15) is 0 Å². The summed E-state index contributed by atoms with van der Waals surface area (Å²) in [6.45, 7) is 15.3. The summed E-state index contributed by atoms with van der Waals surface area (Å²) >= 11 is 0. The average molecular weight is 346 g/mol. The number of hydrogen-bond donors (Lipinski definition) is 0. The van der Waals surface area contributed by atoms with Crippen molar-refractivity contribution in [1.29, 1.82) is 0 Å². The first kappa shape index (κ1) is 20.3. The van der Waals surface area contributed by atoms with Crippen molar-refractivity contribution in [3.05, 3.63) is 23.3 Å². The van der Waals surface area contributed by atoms with E-state index in [-0.39, 0.29) is 12.5 Å². The van der Waals surface area contributed by atoms with Gasteiger partial charge in [-0.2, -0.15) is 0 Å². The van der Waals surface area contributed by atoms with Crippen molar-refractivity contribution < 1.29 is 14.0 Å². The van der Waals surface area contributed by atoms with Gasteiger partial charge in [0.2, 0.25) is 0 Å². The summed E-state index contributed by atoms with van der Waals surface area (Å²) in [5.74, 6) is 1.61.